The van der Waals surface area contributed by atoms with Crippen LogP contribution in [0.2, 0.25) is 0 Å². The molecule has 1 aromatic carbocycles. The molecule has 0 radical (unpaired) electrons. The molecule has 0 saturated carbocycles. The molecule has 2 aromatic rings. The van der Waals surface area contributed by atoms with E-state index in [4.69, 9.17) is 5.11 Å². The molecule has 0 aliphatic rings. The zero-order valence-corrected chi connectivity index (χ0v) is 9.55. The minimum atomic E-state index is -0.549. The number of aromatic nitrogens is 1. The molecule has 2 N–H and O–H groups in total. The van der Waals surface area contributed by atoms with Crippen molar-refractivity contribution in [3.05, 3.63) is 42.1 Å². The Bertz CT molecular complexity index is 532. The third kappa shape index (κ3) is 2.60. The van der Waals surface area contributed by atoms with E-state index >= 15 is 0 Å². The average Bonchev–Trinajstić information content (AvgIpc) is 2.35. The van der Waals surface area contributed by atoms with E-state index < -0.39 is 6.10 Å². The fraction of sp³-hybridized carbons (Fsp3) is 0.231. The molecule has 88 valence electrons. The van der Waals surface area contributed by atoms with Crippen LogP contribution in [0.3, 0.4) is 0 Å². The summed E-state index contributed by atoms with van der Waals surface area (Å²) in [5.41, 5.74) is 1.37. The van der Waals surface area contributed by atoms with Gasteiger partial charge in [-0.1, -0.05) is 12.1 Å². The van der Waals surface area contributed by atoms with E-state index in [9.17, 15) is 4.79 Å². The van der Waals surface area contributed by atoms with Crippen molar-refractivity contribution < 1.29 is 9.90 Å². The Hall–Kier alpha value is -1.94. The SMILES string of the molecule is CC(O)CNC(=O)c1cccc2ncccc12. The highest BCUT2D eigenvalue weighted by Crippen LogP contribution is 2.15. The molecule has 0 fully saturated rings. The first-order valence-electron chi connectivity index (χ1n) is 5.48. The number of aliphatic hydroxyl groups excluding tert-OH is 1. The van der Waals surface area contributed by atoms with Crippen LogP contribution in [-0.2, 0) is 0 Å². The normalized spacial score (nSPS) is 12.4. The van der Waals surface area contributed by atoms with E-state index in [0.717, 1.165) is 10.9 Å². The summed E-state index contributed by atoms with van der Waals surface area (Å²) in [7, 11) is 0. The number of aliphatic hydroxyl groups is 1. The van der Waals surface area contributed by atoms with E-state index in [0.29, 0.717) is 5.56 Å². The highest BCUT2D eigenvalue weighted by Gasteiger charge is 2.10. The van der Waals surface area contributed by atoms with Gasteiger partial charge in [0.1, 0.15) is 0 Å². The molecular formula is C13H14N2O2. The van der Waals surface area contributed by atoms with Crippen LogP contribution in [0, 0.1) is 0 Å². The molecule has 4 heteroatoms. The van der Waals surface area contributed by atoms with E-state index in [1.54, 1.807) is 31.3 Å². The highest BCUT2D eigenvalue weighted by molar-refractivity contribution is 6.06. The van der Waals surface area contributed by atoms with Gasteiger partial charge in [0, 0.05) is 23.7 Å². The minimum Gasteiger partial charge on any atom is -0.392 e. The van der Waals surface area contributed by atoms with Crippen molar-refractivity contribution in [3.8, 4) is 0 Å². The minimum absolute atomic E-state index is 0.190. The number of hydrogen-bond donors (Lipinski definition) is 2. The van der Waals surface area contributed by atoms with Gasteiger partial charge < -0.3 is 10.4 Å². The van der Waals surface area contributed by atoms with Crippen LogP contribution in [0.5, 0.6) is 0 Å². The van der Waals surface area contributed by atoms with Gasteiger partial charge in [0.05, 0.1) is 11.6 Å². The molecule has 0 aliphatic carbocycles. The number of carbonyl (C=O) groups excluding carboxylic acids is 1. The molecule has 2 rings (SSSR count). The Morgan fingerprint density at radius 2 is 2.24 bits per heavy atom. The lowest BCUT2D eigenvalue weighted by Crippen LogP contribution is -2.30. The molecule has 4 nitrogen and oxygen atoms in total. The fourth-order valence-corrected chi connectivity index (χ4v) is 1.64. The first kappa shape index (κ1) is 11.5. The molecule has 1 heterocycles. The van der Waals surface area contributed by atoms with Crippen molar-refractivity contribution >= 4 is 16.8 Å². The van der Waals surface area contributed by atoms with Crippen molar-refractivity contribution in [1.82, 2.24) is 10.3 Å². The van der Waals surface area contributed by atoms with Gasteiger partial charge in [-0.15, -0.1) is 0 Å². The first-order chi connectivity index (χ1) is 8.18. The van der Waals surface area contributed by atoms with Crippen LogP contribution >= 0.6 is 0 Å². The van der Waals surface area contributed by atoms with Crippen molar-refractivity contribution in [2.45, 2.75) is 13.0 Å². The number of rotatable bonds is 3. The molecule has 0 aliphatic heterocycles. The van der Waals surface area contributed by atoms with Crippen LogP contribution in [-0.4, -0.2) is 28.6 Å². The maximum Gasteiger partial charge on any atom is 0.252 e. The summed E-state index contributed by atoms with van der Waals surface area (Å²) in [4.78, 5) is 16.1. The maximum absolute atomic E-state index is 11.9. The van der Waals surface area contributed by atoms with Crippen LogP contribution < -0.4 is 5.32 Å². The molecule has 17 heavy (non-hydrogen) atoms. The van der Waals surface area contributed by atoms with Crippen LogP contribution in [0.1, 0.15) is 17.3 Å². The molecule has 1 atom stereocenters. The lowest BCUT2D eigenvalue weighted by Gasteiger charge is -2.08. The summed E-state index contributed by atoms with van der Waals surface area (Å²) in [6.07, 6.45) is 1.15. The van der Waals surface area contributed by atoms with Gasteiger partial charge in [-0.2, -0.15) is 0 Å². The maximum atomic E-state index is 11.9. The summed E-state index contributed by atoms with van der Waals surface area (Å²) in [6.45, 7) is 1.88. The molecule has 0 saturated heterocycles. The van der Waals surface area contributed by atoms with Crippen LogP contribution in [0.25, 0.3) is 10.9 Å². The summed E-state index contributed by atoms with van der Waals surface area (Å²) in [5.74, 6) is -0.190. The number of fused-ring (bicyclic) bond motifs is 1. The van der Waals surface area contributed by atoms with E-state index in [-0.39, 0.29) is 12.5 Å². The Balaban J connectivity index is 2.32. The summed E-state index contributed by atoms with van der Waals surface area (Å²) < 4.78 is 0. The van der Waals surface area contributed by atoms with Gasteiger partial charge in [-0.05, 0) is 25.1 Å². The highest BCUT2D eigenvalue weighted by atomic mass is 16.3. The largest absolute Gasteiger partial charge is 0.392 e. The smallest absolute Gasteiger partial charge is 0.252 e. The molecule has 0 bridgehead atoms. The predicted molar refractivity (Wildman–Crippen MR) is 65.8 cm³/mol. The van der Waals surface area contributed by atoms with Crippen molar-refractivity contribution in [3.63, 3.8) is 0 Å². The van der Waals surface area contributed by atoms with Crippen molar-refractivity contribution in [2.24, 2.45) is 0 Å². The second-order valence-corrected chi connectivity index (χ2v) is 3.93. The number of amides is 1. The number of carbonyl (C=O) groups is 1. The van der Waals surface area contributed by atoms with Crippen LogP contribution in [0.4, 0.5) is 0 Å². The Morgan fingerprint density at radius 3 is 3.00 bits per heavy atom. The Morgan fingerprint density at radius 1 is 1.41 bits per heavy atom. The summed E-state index contributed by atoms with van der Waals surface area (Å²) >= 11 is 0. The summed E-state index contributed by atoms with van der Waals surface area (Å²) in [6, 6.07) is 9.07. The van der Waals surface area contributed by atoms with Crippen molar-refractivity contribution in [1.29, 1.82) is 0 Å². The Kier molecular flexibility index (Phi) is 3.35. The summed E-state index contributed by atoms with van der Waals surface area (Å²) in [5, 5.41) is 12.6. The first-order valence-corrected chi connectivity index (χ1v) is 5.48. The lowest BCUT2D eigenvalue weighted by atomic mass is 10.1. The van der Waals surface area contributed by atoms with Crippen LogP contribution in [0.15, 0.2) is 36.5 Å². The number of pyridine rings is 1. The lowest BCUT2D eigenvalue weighted by molar-refractivity contribution is 0.0925. The standard InChI is InChI=1S/C13H14N2O2/c1-9(16)8-15-13(17)11-4-2-6-12-10(11)5-3-7-14-12/h2-7,9,16H,8H2,1H3,(H,15,17). The zero-order valence-electron chi connectivity index (χ0n) is 9.55. The molecule has 1 aromatic heterocycles. The molecule has 1 unspecified atom stereocenters. The van der Waals surface area contributed by atoms with E-state index in [1.807, 2.05) is 12.1 Å². The molecule has 1 amide bonds. The zero-order chi connectivity index (χ0) is 12.3. The number of benzene rings is 1. The molecular weight excluding hydrogens is 216 g/mol. The third-order valence-corrected chi connectivity index (χ3v) is 2.45. The van der Waals surface area contributed by atoms with Gasteiger partial charge in [-0.3, -0.25) is 9.78 Å². The fourth-order valence-electron chi connectivity index (χ4n) is 1.64. The quantitative estimate of drug-likeness (QED) is 0.836. The van der Waals surface area contributed by atoms with Crippen molar-refractivity contribution in [2.75, 3.05) is 6.54 Å². The number of nitrogens with zero attached hydrogens (tertiary/aromatic N) is 1. The third-order valence-electron chi connectivity index (χ3n) is 2.45. The van der Waals surface area contributed by atoms with E-state index in [2.05, 4.69) is 10.3 Å². The van der Waals surface area contributed by atoms with E-state index in [1.165, 1.54) is 0 Å². The van der Waals surface area contributed by atoms with Gasteiger partial charge in [0.15, 0.2) is 0 Å². The second kappa shape index (κ2) is 4.93. The van der Waals surface area contributed by atoms with Gasteiger partial charge >= 0.3 is 0 Å². The number of hydrogen-bond acceptors (Lipinski definition) is 3. The van der Waals surface area contributed by atoms with Gasteiger partial charge in [-0.25, -0.2) is 0 Å². The monoisotopic (exact) mass is 230 g/mol. The second-order valence-electron chi connectivity index (χ2n) is 3.93. The van der Waals surface area contributed by atoms with Gasteiger partial charge in [0.25, 0.3) is 5.91 Å². The Labute approximate surface area is 99.3 Å². The predicted octanol–water partition coefficient (Wildman–Crippen LogP) is 1.35. The van der Waals surface area contributed by atoms with Gasteiger partial charge in [0.2, 0.25) is 0 Å². The average molecular weight is 230 g/mol. The topological polar surface area (TPSA) is 62.2 Å². The molecule has 0 spiro atoms. The number of nitrogens with one attached hydrogen (secondary N) is 1.